The zero-order valence-corrected chi connectivity index (χ0v) is 34.0. The Bertz CT molecular complexity index is 2460. The first-order chi connectivity index (χ1) is 28.7. The van der Waals surface area contributed by atoms with Crippen LogP contribution in [0.3, 0.4) is 0 Å². The van der Waals surface area contributed by atoms with E-state index in [1.54, 1.807) is 21.3 Å². The monoisotopic (exact) mass is 806 g/mol. The standard InChI is InChI=1S/C49H46N2O7S/c1-55-32-36-4-16-42(17-5-36)50(43-18-6-37(7-19-43)33-56-2)46-24-12-40(13-25-46)41-14-26-47(27-15-41)51(44-20-8-38(9-21-44)34-57-3)45-22-10-39(11-23-45)35-58-48-28-30-49(31-29-48)59(52,53)54/h4-31H,32-35H2,1-3H3,(H,52,53,54). The summed E-state index contributed by atoms with van der Waals surface area (Å²) in [6.45, 7) is 1.93. The largest absolute Gasteiger partial charge is 0.489 e. The molecular weight excluding hydrogens is 761 g/mol. The van der Waals surface area contributed by atoms with E-state index in [-0.39, 0.29) is 11.5 Å². The Labute approximate surface area is 346 Å². The highest BCUT2D eigenvalue weighted by Crippen LogP contribution is 2.38. The molecule has 0 aliphatic rings. The van der Waals surface area contributed by atoms with Gasteiger partial charge >= 0.3 is 0 Å². The van der Waals surface area contributed by atoms with Crippen LogP contribution in [0.4, 0.5) is 34.1 Å². The van der Waals surface area contributed by atoms with Crippen molar-refractivity contribution in [1.82, 2.24) is 0 Å². The van der Waals surface area contributed by atoms with Crippen LogP contribution in [0.5, 0.6) is 5.75 Å². The highest BCUT2D eigenvalue weighted by atomic mass is 32.2. The Morgan fingerprint density at radius 3 is 0.932 bits per heavy atom. The van der Waals surface area contributed by atoms with Crippen LogP contribution in [-0.4, -0.2) is 34.3 Å². The van der Waals surface area contributed by atoms with E-state index in [4.69, 9.17) is 18.9 Å². The number of ether oxygens (including phenoxy) is 4. The molecular formula is C49H46N2O7S. The molecule has 0 saturated carbocycles. The zero-order valence-electron chi connectivity index (χ0n) is 33.2. The Hall–Kier alpha value is -6.27. The molecule has 0 fully saturated rings. The van der Waals surface area contributed by atoms with Gasteiger partial charge < -0.3 is 28.7 Å². The number of hydrogen-bond donors (Lipinski definition) is 1. The van der Waals surface area contributed by atoms with E-state index in [1.807, 2.05) is 12.1 Å². The average molecular weight is 807 g/mol. The maximum Gasteiger partial charge on any atom is 0.294 e. The minimum absolute atomic E-state index is 0.181. The van der Waals surface area contributed by atoms with Crippen LogP contribution in [0, 0.1) is 0 Å². The summed E-state index contributed by atoms with van der Waals surface area (Å²) in [5.41, 5.74) is 12.5. The molecule has 0 heterocycles. The Morgan fingerprint density at radius 2 is 0.661 bits per heavy atom. The number of anilines is 6. The predicted molar refractivity (Wildman–Crippen MR) is 234 cm³/mol. The van der Waals surface area contributed by atoms with E-state index < -0.39 is 10.1 Å². The second-order valence-electron chi connectivity index (χ2n) is 14.0. The van der Waals surface area contributed by atoms with Crippen molar-refractivity contribution in [3.05, 3.63) is 192 Å². The third kappa shape index (κ3) is 10.2. The maximum atomic E-state index is 11.4. The lowest BCUT2D eigenvalue weighted by Gasteiger charge is -2.26. The van der Waals surface area contributed by atoms with Gasteiger partial charge in [0, 0.05) is 55.5 Å². The van der Waals surface area contributed by atoms with Crippen LogP contribution in [-0.2, 0) is 50.8 Å². The molecule has 0 atom stereocenters. The van der Waals surface area contributed by atoms with Crippen LogP contribution in [0.2, 0.25) is 0 Å². The number of hydrogen-bond acceptors (Lipinski definition) is 8. The number of rotatable bonds is 17. The van der Waals surface area contributed by atoms with Gasteiger partial charge in [0.05, 0.1) is 24.7 Å². The topological polar surface area (TPSA) is 97.8 Å². The van der Waals surface area contributed by atoms with Crippen LogP contribution in [0.15, 0.2) is 175 Å². The minimum Gasteiger partial charge on any atom is -0.489 e. The maximum absolute atomic E-state index is 11.4. The second-order valence-corrected chi connectivity index (χ2v) is 15.4. The highest BCUT2D eigenvalue weighted by Gasteiger charge is 2.16. The smallest absolute Gasteiger partial charge is 0.294 e. The van der Waals surface area contributed by atoms with Gasteiger partial charge in [-0.15, -0.1) is 0 Å². The van der Waals surface area contributed by atoms with Gasteiger partial charge in [-0.1, -0.05) is 72.8 Å². The van der Waals surface area contributed by atoms with E-state index in [0.29, 0.717) is 25.6 Å². The van der Waals surface area contributed by atoms with E-state index >= 15 is 0 Å². The van der Waals surface area contributed by atoms with Crippen LogP contribution in [0.25, 0.3) is 11.1 Å². The zero-order chi connectivity index (χ0) is 41.2. The summed E-state index contributed by atoms with van der Waals surface area (Å²) in [5, 5.41) is 0. The first-order valence-corrected chi connectivity index (χ1v) is 20.5. The molecule has 10 heteroatoms. The molecule has 0 radical (unpaired) electrons. The molecule has 0 amide bonds. The molecule has 0 saturated heterocycles. The SMILES string of the molecule is COCc1ccc(N(c2ccc(COC)cc2)c2ccc(-c3ccc(N(c4ccc(COC)cc4)c4ccc(COc5ccc(S(=O)(=O)O)cc5)cc4)cc3)cc2)cc1. The third-order valence-electron chi connectivity index (χ3n) is 9.82. The summed E-state index contributed by atoms with van der Waals surface area (Å²) in [5.74, 6) is 0.493. The van der Waals surface area contributed by atoms with E-state index in [0.717, 1.165) is 67.5 Å². The lowest BCUT2D eigenvalue weighted by atomic mass is 10.0. The van der Waals surface area contributed by atoms with Gasteiger partial charge in [-0.25, -0.2) is 0 Å². The average Bonchev–Trinajstić information content (AvgIpc) is 3.26. The van der Waals surface area contributed by atoms with Crippen molar-refractivity contribution in [3.63, 3.8) is 0 Å². The van der Waals surface area contributed by atoms with Crippen LogP contribution in [0.1, 0.15) is 22.3 Å². The van der Waals surface area contributed by atoms with Crippen molar-refractivity contribution >= 4 is 44.2 Å². The Balaban J connectivity index is 1.13. The number of methoxy groups -OCH3 is 3. The molecule has 0 unspecified atom stereocenters. The molecule has 0 aromatic heterocycles. The van der Waals surface area contributed by atoms with Gasteiger partial charge in [-0.05, 0) is 130 Å². The Kier molecular flexibility index (Phi) is 13.2. The molecule has 1 N–H and O–H groups in total. The lowest BCUT2D eigenvalue weighted by molar-refractivity contribution is 0.185. The van der Waals surface area contributed by atoms with Crippen molar-refractivity contribution in [2.75, 3.05) is 31.1 Å². The van der Waals surface area contributed by atoms with E-state index in [2.05, 4.69) is 143 Å². The van der Waals surface area contributed by atoms with Gasteiger partial charge in [0.15, 0.2) is 0 Å². The fourth-order valence-electron chi connectivity index (χ4n) is 6.84. The van der Waals surface area contributed by atoms with Gasteiger partial charge in [0.1, 0.15) is 12.4 Å². The summed E-state index contributed by atoms with van der Waals surface area (Å²) >= 11 is 0. The van der Waals surface area contributed by atoms with Gasteiger partial charge in [-0.3, -0.25) is 4.55 Å². The fraction of sp³-hybridized carbons (Fsp3) is 0.143. The van der Waals surface area contributed by atoms with Crippen LogP contribution >= 0.6 is 0 Å². The molecule has 7 rings (SSSR count). The summed E-state index contributed by atoms with van der Waals surface area (Å²) in [4.78, 5) is 4.27. The summed E-state index contributed by atoms with van der Waals surface area (Å²) in [6, 6.07) is 56.2. The number of benzene rings is 7. The van der Waals surface area contributed by atoms with Gasteiger partial charge in [-0.2, -0.15) is 8.42 Å². The quantitative estimate of drug-likeness (QED) is 0.0902. The fourth-order valence-corrected chi connectivity index (χ4v) is 7.32. The molecule has 0 aliphatic heterocycles. The normalized spacial score (nSPS) is 11.3. The number of nitrogens with zero attached hydrogens (tertiary/aromatic N) is 2. The van der Waals surface area contributed by atoms with Crippen molar-refractivity contribution in [2.45, 2.75) is 31.3 Å². The van der Waals surface area contributed by atoms with Crippen molar-refractivity contribution in [2.24, 2.45) is 0 Å². The van der Waals surface area contributed by atoms with Crippen LogP contribution < -0.4 is 14.5 Å². The molecule has 7 aromatic rings. The van der Waals surface area contributed by atoms with Crippen molar-refractivity contribution in [3.8, 4) is 16.9 Å². The molecule has 9 nitrogen and oxygen atoms in total. The molecule has 0 spiro atoms. The van der Waals surface area contributed by atoms with E-state index in [9.17, 15) is 13.0 Å². The molecule has 0 bridgehead atoms. The third-order valence-corrected chi connectivity index (χ3v) is 10.7. The minimum atomic E-state index is -4.27. The van der Waals surface area contributed by atoms with E-state index in [1.165, 1.54) is 24.3 Å². The molecule has 59 heavy (non-hydrogen) atoms. The van der Waals surface area contributed by atoms with Crippen molar-refractivity contribution in [1.29, 1.82) is 0 Å². The molecule has 7 aromatic carbocycles. The first kappa shape index (κ1) is 40.9. The molecule has 300 valence electrons. The summed E-state index contributed by atoms with van der Waals surface area (Å²) in [6.07, 6.45) is 0. The summed E-state index contributed by atoms with van der Waals surface area (Å²) in [7, 11) is 0.832. The predicted octanol–water partition coefficient (Wildman–Crippen LogP) is 11.6. The van der Waals surface area contributed by atoms with Crippen molar-refractivity contribution < 1.29 is 31.9 Å². The van der Waals surface area contributed by atoms with Gasteiger partial charge in [0.25, 0.3) is 10.1 Å². The summed E-state index contributed by atoms with van der Waals surface area (Å²) < 4.78 is 54.0. The second kappa shape index (κ2) is 19.0. The highest BCUT2D eigenvalue weighted by molar-refractivity contribution is 7.85. The van der Waals surface area contributed by atoms with Gasteiger partial charge in [0.2, 0.25) is 0 Å². The first-order valence-electron chi connectivity index (χ1n) is 19.1. The lowest BCUT2D eigenvalue weighted by Crippen LogP contribution is -2.10. The molecule has 0 aliphatic carbocycles. The Morgan fingerprint density at radius 1 is 0.390 bits per heavy atom.